The number of piperidine rings is 1. The van der Waals surface area contributed by atoms with Gasteiger partial charge in [-0.05, 0) is 18.6 Å². The van der Waals surface area contributed by atoms with Gasteiger partial charge in [-0.1, -0.05) is 0 Å². The number of aromatic nitrogens is 1. The molecule has 0 bridgehead atoms. The topological polar surface area (TPSA) is 83.6 Å². The van der Waals surface area contributed by atoms with Crippen LogP contribution in [-0.2, 0) is 14.3 Å². The van der Waals surface area contributed by atoms with E-state index in [-0.39, 0.29) is 17.7 Å². The van der Waals surface area contributed by atoms with E-state index in [2.05, 4.69) is 20.5 Å². The molecule has 2 saturated heterocycles. The van der Waals surface area contributed by atoms with Crippen LogP contribution in [0.25, 0.3) is 0 Å². The maximum Gasteiger partial charge on any atom is 0.229 e. The number of pyridine rings is 1. The first-order valence-corrected chi connectivity index (χ1v) is 7.59. The molecule has 3 heterocycles. The Labute approximate surface area is 129 Å². The number of nitrogens with zero attached hydrogens (tertiary/aromatic N) is 2. The van der Waals surface area contributed by atoms with Crippen LogP contribution in [0.4, 0.5) is 11.5 Å². The van der Waals surface area contributed by atoms with Gasteiger partial charge in [0.25, 0.3) is 0 Å². The van der Waals surface area contributed by atoms with E-state index in [0.717, 1.165) is 18.9 Å². The fourth-order valence-electron chi connectivity index (χ4n) is 2.64. The first kappa shape index (κ1) is 14.8. The van der Waals surface area contributed by atoms with Gasteiger partial charge in [-0.2, -0.15) is 0 Å². The Bertz CT molecular complexity index is 530. The van der Waals surface area contributed by atoms with Gasteiger partial charge >= 0.3 is 0 Å². The SMILES string of the molecule is O=C1CCC(C(=O)Nc2ccc(N3CCOCC3)nc2)CN1. The number of carbonyl (C=O) groups excluding carboxylic acids is 2. The lowest BCUT2D eigenvalue weighted by atomic mass is 9.98. The molecule has 2 aliphatic rings. The molecule has 2 fully saturated rings. The summed E-state index contributed by atoms with van der Waals surface area (Å²) in [5.41, 5.74) is 0.680. The van der Waals surface area contributed by atoms with Crippen LogP contribution in [0.15, 0.2) is 18.3 Å². The molecule has 2 aliphatic heterocycles. The maximum atomic E-state index is 12.1. The molecule has 0 aliphatic carbocycles. The van der Waals surface area contributed by atoms with Gasteiger partial charge in [0.2, 0.25) is 11.8 Å². The van der Waals surface area contributed by atoms with Crippen molar-refractivity contribution in [3.63, 3.8) is 0 Å². The van der Waals surface area contributed by atoms with Crippen LogP contribution in [0, 0.1) is 5.92 Å². The van der Waals surface area contributed by atoms with Crippen LogP contribution in [0.2, 0.25) is 0 Å². The summed E-state index contributed by atoms with van der Waals surface area (Å²) in [4.78, 5) is 29.8. The van der Waals surface area contributed by atoms with E-state index < -0.39 is 0 Å². The molecular weight excluding hydrogens is 284 g/mol. The highest BCUT2D eigenvalue weighted by Crippen LogP contribution is 2.17. The summed E-state index contributed by atoms with van der Waals surface area (Å²) in [6.45, 7) is 3.51. The quantitative estimate of drug-likeness (QED) is 0.843. The number of ether oxygens (including phenoxy) is 1. The Morgan fingerprint density at radius 2 is 2.18 bits per heavy atom. The fraction of sp³-hybridized carbons (Fsp3) is 0.533. The average molecular weight is 304 g/mol. The van der Waals surface area contributed by atoms with Gasteiger partial charge < -0.3 is 20.3 Å². The third-order valence-electron chi connectivity index (χ3n) is 3.99. The van der Waals surface area contributed by atoms with Gasteiger partial charge in [0.15, 0.2) is 0 Å². The fourth-order valence-corrected chi connectivity index (χ4v) is 2.64. The van der Waals surface area contributed by atoms with Gasteiger partial charge in [0.05, 0.1) is 31.0 Å². The van der Waals surface area contributed by atoms with Crippen molar-refractivity contribution in [1.82, 2.24) is 10.3 Å². The summed E-state index contributed by atoms with van der Waals surface area (Å²) in [5.74, 6) is 0.671. The Morgan fingerprint density at radius 3 is 2.82 bits per heavy atom. The number of hydrogen-bond acceptors (Lipinski definition) is 5. The van der Waals surface area contributed by atoms with E-state index in [4.69, 9.17) is 4.74 Å². The predicted molar refractivity (Wildman–Crippen MR) is 81.6 cm³/mol. The van der Waals surface area contributed by atoms with Crippen molar-refractivity contribution in [2.24, 2.45) is 5.92 Å². The van der Waals surface area contributed by atoms with E-state index in [1.807, 2.05) is 12.1 Å². The second-order valence-electron chi connectivity index (χ2n) is 5.53. The minimum atomic E-state index is -0.170. The van der Waals surface area contributed by atoms with Crippen LogP contribution in [0.3, 0.4) is 0 Å². The second kappa shape index (κ2) is 6.74. The Kier molecular flexibility index (Phi) is 4.53. The van der Waals surface area contributed by atoms with Gasteiger partial charge in [0, 0.05) is 26.1 Å². The molecule has 2 amide bonds. The molecular formula is C15H20N4O3. The molecule has 1 aromatic heterocycles. The Balaban J connectivity index is 1.56. The van der Waals surface area contributed by atoms with Gasteiger partial charge in [-0.15, -0.1) is 0 Å². The van der Waals surface area contributed by atoms with Crippen LogP contribution < -0.4 is 15.5 Å². The zero-order valence-electron chi connectivity index (χ0n) is 12.4. The molecule has 3 rings (SSSR count). The molecule has 0 radical (unpaired) electrons. The van der Waals surface area contributed by atoms with Gasteiger partial charge in [-0.3, -0.25) is 9.59 Å². The van der Waals surface area contributed by atoms with Crippen molar-refractivity contribution in [2.45, 2.75) is 12.8 Å². The zero-order valence-corrected chi connectivity index (χ0v) is 12.4. The van der Waals surface area contributed by atoms with Crippen LogP contribution in [-0.4, -0.2) is 49.6 Å². The van der Waals surface area contributed by atoms with Crippen molar-refractivity contribution < 1.29 is 14.3 Å². The molecule has 7 heteroatoms. The third kappa shape index (κ3) is 3.54. The minimum Gasteiger partial charge on any atom is -0.378 e. The van der Waals surface area contributed by atoms with Gasteiger partial charge in [0.1, 0.15) is 5.82 Å². The predicted octanol–water partition coefficient (Wildman–Crippen LogP) is 0.383. The largest absolute Gasteiger partial charge is 0.378 e. The van der Waals surface area contributed by atoms with Crippen molar-refractivity contribution >= 4 is 23.3 Å². The van der Waals surface area contributed by atoms with E-state index in [0.29, 0.717) is 38.3 Å². The molecule has 1 atom stereocenters. The number of carbonyl (C=O) groups is 2. The highest BCUT2D eigenvalue weighted by molar-refractivity contribution is 5.94. The van der Waals surface area contributed by atoms with Crippen LogP contribution in [0.1, 0.15) is 12.8 Å². The smallest absolute Gasteiger partial charge is 0.229 e. The molecule has 0 aromatic carbocycles. The van der Waals surface area contributed by atoms with Gasteiger partial charge in [-0.25, -0.2) is 4.98 Å². The lowest BCUT2D eigenvalue weighted by Gasteiger charge is -2.27. The van der Waals surface area contributed by atoms with E-state index in [1.165, 1.54) is 0 Å². The Morgan fingerprint density at radius 1 is 1.36 bits per heavy atom. The van der Waals surface area contributed by atoms with E-state index >= 15 is 0 Å². The van der Waals surface area contributed by atoms with E-state index in [1.54, 1.807) is 6.20 Å². The number of hydrogen-bond donors (Lipinski definition) is 2. The normalized spacial score (nSPS) is 22.1. The lowest BCUT2D eigenvalue weighted by Crippen LogP contribution is -2.40. The van der Waals surface area contributed by atoms with Crippen molar-refractivity contribution in [3.05, 3.63) is 18.3 Å². The summed E-state index contributed by atoms with van der Waals surface area (Å²) < 4.78 is 5.32. The van der Waals surface area contributed by atoms with E-state index in [9.17, 15) is 9.59 Å². The molecule has 2 N–H and O–H groups in total. The Hall–Kier alpha value is -2.15. The number of morpholine rings is 1. The molecule has 0 spiro atoms. The van der Waals surface area contributed by atoms with Crippen molar-refractivity contribution in [3.8, 4) is 0 Å². The number of amides is 2. The first-order chi connectivity index (χ1) is 10.7. The zero-order chi connectivity index (χ0) is 15.4. The van der Waals surface area contributed by atoms with Crippen LogP contribution in [0.5, 0.6) is 0 Å². The summed E-state index contributed by atoms with van der Waals surface area (Å²) in [6.07, 6.45) is 2.67. The molecule has 7 nitrogen and oxygen atoms in total. The number of anilines is 2. The number of nitrogens with one attached hydrogen (secondary N) is 2. The lowest BCUT2D eigenvalue weighted by molar-refractivity contribution is -0.126. The highest BCUT2D eigenvalue weighted by Gasteiger charge is 2.24. The van der Waals surface area contributed by atoms with Crippen molar-refractivity contribution in [1.29, 1.82) is 0 Å². The summed E-state index contributed by atoms with van der Waals surface area (Å²) in [6, 6.07) is 3.76. The molecule has 0 saturated carbocycles. The molecule has 1 unspecified atom stereocenters. The maximum absolute atomic E-state index is 12.1. The average Bonchev–Trinajstić information content (AvgIpc) is 2.57. The molecule has 22 heavy (non-hydrogen) atoms. The standard InChI is InChI=1S/C15H20N4O3/c20-14-4-1-11(9-17-14)15(21)18-12-2-3-13(16-10-12)19-5-7-22-8-6-19/h2-3,10-11H,1,4-9H2,(H,17,20)(H,18,21). The molecule has 118 valence electrons. The monoisotopic (exact) mass is 304 g/mol. The second-order valence-corrected chi connectivity index (χ2v) is 5.53. The number of rotatable bonds is 3. The van der Waals surface area contributed by atoms with Crippen molar-refractivity contribution in [2.75, 3.05) is 43.1 Å². The van der Waals surface area contributed by atoms with Crippen LogP contribution >= 0.6 is 0 Å². The summed E-state index contributed by atoms with van der Waals surface area (Å²) in [5, 5.41) is 5.58. The first-order valence-electron chi connectivity index (χ1n) is 7.59. The summed E-state index contributed by atoms with van der Waals surface area (Å²) >= 11 is 0. The third-order valence-corrected chi connectivity index (χ3v) is 3.99. The molecule has 1 aromatic rings. The summed E-state index contributed by atoms with van der Waals surface area (Å²) in [7, 11) is 0. The highest BCUT2D eigenvalue weighted by atomic mass is 16.5. The minimum absolute atomic E-state index is 0.0144.